The minimum Gasteiger partial charge on any atom is -0.348 e. The molecule has 4 heteroatoms. The Bertz CT molecular complexity index is 471. The van der Waals surface area contributed by atoms with Gasteiger partial charge in [0.25, 0.3) is 0 Å². The SMILES string of the molecule is CNC(c1ccn(Cc2cscn2)c1)C1CC1. The summed E-state index contributed by atoms with van der Waals surface area (Å²) in [6.45, 7) is 0.880. The summed E-state index contributed by atoms with van der Waals surface area (Å²) in [5.74, 6) is 0.843. The second-order valence-electron chi connectivity index (χ2n) is 4.70. The van der Waals surface area contributed by atoms with Gasteiger partial charge in [-0.3, -0.25) is 0 Å². The number of hydrogen-bond donors (Lipinski definition) is 1. The predicted molar refractivity (Wildman–Crippen MR) is 70.2 cm³/mol. The van der Waals surface area contributed by atoms with Crippen LogP contribution in [0.15, 0.2) is 29.4 Å². The molecule has 0 aromatic carbocycles. The fourth-order valence-corrected chi connectivity index (χ4v) is 2.90. The first-order chi connectivity index (χ1) is 8.36. The van der Waals surface area contributed by atoms with Crippen LogP contribution in [0, 0.1) is 5.92 Å². The van der Waals surface area contributed by atoms with Gasteiger partial charge >= 0.3 is 0 Å². The van der Waals surface area contributed by atoms with E-state index in [0.717, 1.165) is 18.2 Å². The molecular weight excluding hydrogens is 230 g/mol. The first-order valence-electron chi connectivity index (χ1n) is 6.07. The van der Waals surface area contributed by atoms with Crippen molar-refractivity contribution >= 4 is 11.3 Å². The molecule has 0 amide bonds. The number of aromatic nitrogens is 2. The lowest BCUT2D eigenvalue weighted by atomic mass is 10.1. The molecule has 1 fully saturated rings. The minimum absolute atomic E-state index is 0.534. The van der Waals surface area contributed by atoms with E-state index in [1.54, 1.807) is 11.3 Å². The van der Waals surface area contributed by atoms with Crippen molar-refractivity contribution in [3.05, 3.63) is 40.6 Å². The Labute approximate surface area is 106 Å². The molecule has 2 heterocycles. The first-order valence-corrected chi connectivity index (χ1v) is 7.01. The summed E-state index contributed by atoms with van der Waals surface area (Å²) < 4.78 is 2.22. The molecule has 1 aliphatic rings. The zero-order chi connectivity index (χ0) is 11.7. The van der Waals surface area contributed by atoms with E-state index in [4.69, 9.17) is 0 Å². The molecule has 0 radical (unpaired) electrons. The van der Waals surface area contributed by atoms with Gasteiger partial charge in [0, 0.05) is 23.8 Å². The largest absolute Gasteiger partial charge is 0.348 e. The van der Waals surface area contributed by atoms with Gasteiger partial charge in [0.2, 0.25) is 0 Å². The maximum Gasteiger partial charge on any atom is 0.0795 e. The molecule has 0 aliphatic heterocycles. The molecule has 0 bridgehead atoms. The highest BCUT2D eigenvalue weighted by Gasteiger charge is 2.31. The molecule has 0 saturated heterocycles. The number of hydrogen-bond acceptors (Lipinski definition) is 3. The van der Waals surface area contributed by atoms with Gasteiger partial charge in [0.15, 0.2) is 0 Å². The Morgan fingerprint density at radius 1 is 1.59 bits per heavy atom. The fourth-order valence-electron chi connectivity index (χ4n) is 2.35. The summed E-state index contributed by atoms with van der Waals surface area (Å²) >= 11 is 1.65. The lowest BCUT2D eigenvalue weighted by Crippen LogP contribution is -2.17. The molecule has 1 atom stereocenters. The molecule has 0 spiro atoms. The predicted octanol–water partition coefficient (Wildman–Crippen LogP) is 2.66. The number of nitrogens with zero attached hydrogens (tertiary/aromatic N) is 2. The van der Waals surface area contributed by atoms with E-state index in [1.807, 2.05) is 5.51 Å². The Morgan fingerprint density at radius 2 is 2.47 bits per heavy atom. The molecule has 90 valence electrons. The zero-order valence-corrected chi connectivity index (χ0v) is 10.8. The summed E-state index contributed by atoms with van der Waals surface area (Å²) in [4.78, 5) is 4.32. The Kier molecular flexibility index (Phi) is 2.99. The number of thiazole rings is 1. The van der Waals surface area contributed by atoms with Crippen LogP contribution >= 0.6 is 11.3 Å². The van der Waals surface area contributed by atoms with Crippen molar-refractivity contribution in [2.45, 2.75) is 25.4 Å². The molecule has 1 aliphatic carbocycles. The van der Waals surface area contributed by atoms with Crippen LogP contribution in [0.25, 0.3) is 0 Å². The Hall–Kier alpha value is -1.13. The van der Waals surface area contributed by atoms with E-state index in [-0.39, 0.29) is 0 Å². The van der Waals surface area contributed by atoms with Crippen LogP contribution in [-0.4, -0.2) is 16.6 Å². The van der Waals surface area contributed by atoms with Crippen LogP contribution in [0.1, 0.15) is 30.1 Å². The Balaban J connectivity index is 1.73. The van der Waals surface area contributed by atoms with Gasteiger partial charge < -0.3 is 9.88 Å². The summed E-state index contributed by atoms with van der Waals surface area (Å²) in [5.41, 5.74) is 4.44. The lowest BCUT2D eigenvalue weighted by molar-refractivity contribution is 0.528. The highest BCUT2D eigenvalue weighted by atomic mass is 32.1. The molecule has 17 heavy (non-hydrogen) atoms. The third-order valence-corrected chi connectivity index (χ3v) is 4.00. The second kappa shape index (κ2) is 4.63. The molecule has 3 rings (SSSR count). The van der Waals surface area contributed by atoms with Crippen molar-refractivity contribution in [1.82, 2.24) is 14.9 Å². The fraction of sp³-hybridized carbons (Fsp3) is 0.462. The third kappa shape index (κ3) is 2.42. The van der Waals surface area contributed by atoms with Gasteiger partial charge in [0.1, 0.15) is 0 Å². The average Bonchev–Trinajstić information content (AvgIpc) is 2.86. The summed E-state index contributed by atoms with van der Waals surface area (Å²) in [6.07, 6.45) is 7.13. The molecule has 1 saturated carbocycles. The smallest absolute Gasteiger partial charge is 0.0795 e. The first kappa shape index (κ1) is 11.0. The van der Waals surface area contributed by atoms with E-state index < -0.39 is 0 Å². The van der Waals surface area contributed by atoms with Crippen LogP contribution in [0.3, 0.4) is 0 Å². The van der Waals surface area contributed by atoms with Crippen LogP contribution in [0.4, 0.5) is 0 Å². The monoisotopic (exact) mass is 247 g/mol. The van der Waals surface area contributed by atoms with Gasteiger partial charge in [-0.15, -0.1) is 11.3 Å². The van der Waals surface area contributed by atoms with Gasteiger partial charge in [-0.1, -0.05) is 0 Å². The van der Waals surface area contributed by atoms with E-state index in [9.17, 15) is 0 Å². The molecule has 1 unspecified atom stereocenters. The Morgan fingerprint density at radius 3 is 3.12 bits per heavy atom. The summed E-state index contributed by atoms with van der Waals surface area (Å²) in [5, 5.41) is 5.53. The van der Waals surface area contributed by atoms with Gasteiger partial charge in [0.05, 0.1) is 17.7 Å². The maximum absolute atomic E-state index is 4.32. The molecule has 2 aromatic rings. The van der Waals surface area contributed by atoms with Crippen molar-refractivity contribution in [1.29, 1.82) is 0 Å². The van der Waals surface area contributed by atoms with E-state index in [1.165, 1.54) is 18.4 Å². The topological polar surface area (TPSA) is 29.9 Å². The van der Waals surface area contributed by atoms with Crippen LogP contribution in [0.5, 0.6) is 0 Å². The maximum atomic E-state index is 4.32. The number of nitrogens with one attached hydrogen (secondary N) is 1. The average molecular weight is 247 g/mol. The highest BCUT2D eigenvalue weighted by molar-refractivity contribution is 7.07. The van der Waals surface area contributed by atoms with Crippen LogP contribution in [-0.2, 0) is 6.54 Å². The molecule has 2 aromatic heterocycles. The van der Waals surface area contributed by atoms with Crippen molar-refractivity contribution < 1.29 is 0 Å². The molecule has 1 N–H and O–H groups in total. The van der Waals surface area contributed by atoms with Gasteiger partial charge in [-0.25, -0.2) is 4.98 Å². The van der Waals surface area contributed by atoms with Gasteiger partial charge in [-0.2, -0.15) is 0 Å². The molecular formula is C13H17N3S. The minimum atomic E-state index is 0.534. The van der Waals surface area contributed by atoms with Crippen LogP contribution in [0.2, 0.25) is 0 Å². The van der Waals surface area contributed by atoms with Crippen molar-refractivity contribution in [3.8, 4) is 0 Å². The van der Waals surface area contributed by atoms with E-state index in [0.29, 0.717) is 6.04 Å². The van der Waals surface area contributed by atoms with Crippen molar-refractivity contribution in [3.63, 3.8) is 0 Å². The van der Waals surface area contributed by atoms with Crippen molar-refractivity contribution in [2.24, 2.45) is 5.92 Å². The lowest BCUT2D eigenvalue weighted by Gasteiger charge is -2.13. The second-order valence-corrected chi connectivity index (χ2v) is 5.42. The van der Waals surface area contributed by atoms with Crippen molar-refractivity contribution in [2.75, 3.05) is 7.05 Å². The van der Waals surface area contributed by atoms with Gasteiger partial charge in [-0.05, 0) is 37.4 Å². The summed E-state index contributed by atoms with van der Waals surface area (Å²) in [6, 6.07) is 2.76. The standard InChI is InChI=1S/C13H17N3S/c1-14-13(10-2-3-10)11-4-5-16(6-11)7-12-8-17-9-15-12/h4-6,8-10,13-14H,2-3,7H2,1H3. The summed E-state index contributed by atoms with van der Waals surface area (Å²) in [7, 11) is 2.06. The molecule has 3 nitrogen and oxygen atoms in total. The van der Waals surface area contributed by atoms with E-state index >= 15 is 0 Å². The van der Waals surface area contributed by atoms with E-state index in [2.05, 4.69) is 45.8 Å². The number of rotatable bonds is 5. The zero-order valence-electron chi connectivity index (χ0n) is 9.97. The quantitative estimate of drug-likeness (QED) is 0.880. The normalized spacial score (nSPS) is 17.2. The van der Waals surface area contributed by atoms with Crippen LogP contribution < -0.4 is 5.32 Å². The highest BCUT2D eigenvalue weighted by Crippen LogP contribution is 2.40. The third-order valence-electron chi connectivity index (χ3n) is 3.36.